The third-order valence-electron chi connectivity index (χ3n) is 2.89. The Kier molecular flexibility index (Phi) is 8.02. The van der Waals surface area contributed by atoms with E-state index >= 15 is 0 Å². The summed E-state index contributed by atoms with van der Waals surface area (Å²) in [6.45, 7) is 13.1. The third kappa shape index (κ3) is 6.13. The summed E-state index contributed by atoms with van der Waals surface area (Å²) in [5.74, 6) is 0. The van der Waals surface area contributed by atoms with Crippen LogP contribution in [0.3, 0.4) is 0 Å². The topological polar surface area (TPSA) is 38.5 Å². The van der Waals surface area contributed by atoms with Gasteiger partial charge in [0.25, 0.3) is 0 Å². The molecule has 0 atom stereocenters. The minimum Gasteiger partial charge on any atom is -0.380 e. The summed E-state index contributed by atoms with van der Waals surface area (Å²) < 4.78 is 5.56. The van der Waals surface area contributed by atoms with Gasteiger partial charge >= 0.3 is 0 Å². The SMILES string of the molecule is CCCCOCCN(CC)C(C)(C)CN. The van der Waals surface area contributed by atoms with Crippen LogP contribution in [0.2, 0.25) is 0 Å². The van der Waals surface area contributed by atoms with Crippen LogP contribution in [0.5, 0.6) is 0 Å². The number of likely N-dealkylation sites (N-methyl/N-ethyl adjacent to an activating group) is 1. The van der Waals surface area contributed by atoms with Gasteiger partial charge in [0.05, 0.1) is 6.61 Å². The molecule has 92 valence electrons. The van der Waals surface area contributed by atoms with Crippen LogP contribution in [0, 0.1) is 0 Å². The first-order valence-corrected chi connectivity index (χ1v) is 6.11. The van der Waals surface area contributed by atoms with Crippen molar-refractivity contribution in [3.05, 3.63) is 0 Å². The number of hydrogen-bond donors (Lipinski definition) is 1. The predicted molar refractivity (Wildman–Crippen MR) is 66.1 cm³/mol. The van der Waals surface area contributed by atoms with Crippen LogP contribution in [0.1, 0.15) is 40.5 Å². The number of ether oxygens (including phenoxy) is 1. The summed E-state index contributed by atoms with van der Waals surface area (Å²) in [5.41, 5.74) is 5.84. The van der Waals surface area contributed by atoms with Crippen LogP contribution in [0.15, 0.2) is 0 Å². The summed E-state index contributed by atoms with van der Waals surface area (Å²) in [4.78, 5) is 2.37. The molecule has 0 aromatic rings. The molecule has 0 heterocycles. The second kappa shape index (κ2) is 8.08. The lowest BCUT2D eigenvalue weighted by atomic mass is 10.0. The molecule has 2 N–H and O–H groups in total. The van der Waals surface area contributed by atoms with E-state index in [0.717, 1.165) is 32.7 Å². The Hall–Kier alpha value is -0.120. The summed E-state index contributed by atoms with van der Waals surface area (Å²) in [5, 5.41) is 0. The largest absolute Gasteiger partial charge is 0.380 e. The van der Waals surface area contributed by atoms with Gasteiger partial charge in [0.15, 0.2) is 0 Å². The van der Waals surface area contributed by atoms with Gasteiger partial charge in [-0.05, 0) is 26.8 Å². The highest BCUT2D eigenvalue weighted by molar-refractivity contribution is 4.81. The van der Waals surface area contributed by atoms with E-state index in [1.165, 1.54) is 6.42 Å². The molecule has 0 aromatic heterocycles. The maximum absolute atomic E-state index is 5.75. The lowest BCUT2D eigenvalue weighted by molar-refractivity contribution is 0.0632. The second-order valence-corrected chi connectivity index (χ2v) is 4.56. The molecular weight excluding hydrogens is 188 g/mol. The molecule has 15 heavy (non-hydrogen) atoms. The number of nitrogens with zero attached hydrogens (tertiary/aromatic N) is 1. The van der Waals surface area contributed by atoms with Gasteiger partial charge in [-0.15, -0.1) is 0 Å². The Bertz CT molecular complexity index is 149. The zero-order chi connectivity index (χ0) is 11.7. The molecule has 0 saturated heterocycles. The van der Waals surface area contributed by atoms with Crippen molar-refractivity contribution in [3.63, 3.8) is 0 Å². The zero-order valence-electron chi connectivity index (χ0n) is 10.9. The molecule has 3 nitrogen and oxygen atoms in total. The third-order valence-corrected chi connectivity index (χ3v) is 2.89. The molecule has 0 amide bonds. The molecule has 0 spiro atoms. The lowest BCUT2D eigenvalue weighted by Gasteiger charge is -2.36. The Morgan fingerprint density at radius 3 is 2.33 bits per heavy atom. The van der Waals surface area contributed by atoms with Gasteiger partial charge in [0.2, 0.25) is 0 Å². The van der Waals surface area contributed by atoms with E-state index in [2.05, 4.69) is 32.6 Å². The first-order chi connectivity index (χ1) is 7.08. The molecule has 0 unspecified atom stereocenters. The van der Waals surface area contributed by atoms with E-state index in [1.807, 2.05) is 0 Å². The van der Waals surface area contributed by atoms with E-state index in [-0.39, 0.29) is 5.54 Å². The fourth-order valence-electron chi connectivity index (χ4n) is 1.54. The molecule has 0 saturated carbocycles. The fourth-order valence-corrected chi connectivity index (χ4v) is 1.54. The van der Waals surface area contributed by atoms with Crippen molar-refractivity contribution in [2.75, 3.05) is 32.8 Å². The van der Waals surface area contributed by atoms with E-state index < -0.39 is 0 Å². The van der Waals surface area contributed by atoms with Crippen molar-refractivity contribution in [2.24, 2.45) is 5.73 Å². The van der Waals surface area contributed by atoms with Gasteiger partial charge < -0.3 is 10.5 Å². The molecule has 0 radical (unpaired) electrons. The van der Waals surface area contributed by atoms with Gasteiger partial charge in [0, 0.05) is 25.2 Å². The number of nitrogens with two attached hydrogens (primary N) is 1. The van der Waals surface area contributed by atoms with E-state index in [4.69, 9.17) is 10.5 Å². The molecule has 0 bridgehead atoms. The van der Waals surface area contributed by atoms with E-state index in [1.54, 1.807) is 0 Å². The minimum absolute atomic E-state index is 0.0862. The highest BCUT2D eigenvalue weighted by atomic mass is 16.5. The Morgan fingerprint density at radius 1 is 1.20 bits per heavy atom. The zero-order valence-corrected chi connectivity index (χ0v) is 10.9. The Balaban J connectivity index is 3.71. The van der Waals surface area contributed by atoms with E-state index in [0.29, 0.717) is 6.54 Å². The highest BCUT2D eigenvalue weighted by Gasteiger charge is 2.22. The van der Waals surface area contributed by atoms with Crippen molar-refractivity contribution >= 4 is 0 Å². The van der Waals surface area contributed by atoms with Gasteiger partial charge in [0.1, 0.15) is 0 Å². The molecular formula is C12H28N2O. The van der Waals surface area contributed by atoms with Crippen molar-refractivity contribution in [2.45, 2.75) is 46.1 Å². The first kappa shape index (κ1) is 14.9. The van der Waals surface area contributed by atoms with Crippen LogP contribution >= 0.6 is 0 Å². The van der Waals surface area contributed by atoms with Gasteiger partial charge in [-0.25, -0.2) is 0 Å². The molecule has 0 aliphatic carbocycles. The van der Waals surface area contributed by atoms with E-state index in [9.17, 15) is 0 Å². The normalized spacial score (nSPS) is 12.4. The minimum atomic E-state index is 0.0862. The van der Waals surface area contributed by atoms with Crippen LogP contribution < -0.4 is 5.73 Å². The number of unbranched alkanes of at least 4 members (excludes halogenated alkanes) is 1. The van der Waals surface area contributed by atoms with Crippen molar-refractivity contribution in [1.82, 2.24) is 4.90 Å². The summed E-state index contributed by atoms with van der Waals surface area (Å²) in [7, 11) is 0. The predicted octanol–water partition coefficient (Wildman–Crippen LogP) is 1.86. The average Bonchev–Trinajstić information content (AvgIpc) is 2.23. The lowest BCUT2D eigenvalue weighted by Crippen LogP contribution is -2.50. The summed E-state index contributed by atoms with van der Waals surface area (Å²) in [6.07, 6.45) is 2.36. The van der Waals surface area contributed by atoms with Crippen LogP contribution in [0.4, 0.5) is 0 Å². The van der Waals surface area contributed by atoms with Crippen molar-refractivity contribution < 1.29 is 4.74 Å². The Morgan fingerprint density at radius 2 is 1.87 bits per heavy atom. The maximum Gasteiger partial charge on any atom is 0.0593 e. The monoisotopic (exact) mass is 216 g/mol. The fraction of sp³-hybridized carbons (Fsp3) is 1.00. The molecule has 0 aliphatic heterocycles. The van der Waals surface area contributed by atoms with Crippen molar-refractivity contribution in [3.8, 4) is 0 Å². The number of rotatable bonds is 9. The number of hydrogen-bond acceptors (Lipinski definition) is 3. The van der Waals surface area contributed by atoms with Crippen LogP contribution in [-0.2, 0) is 4.74 Å². The van der Waals surface area contributed by atoms with Gasteiger partial charge in [-0.1, -0.05) is 20.3 Å². The van der Waals surface area contributed by atoms with Crippen LogP contribution in [0.25, 0.3) is 0 Å². The molecule has 0 aliphatic rings. The molecule has 0 rings (SSSR count). The first-order valence-electron chi connectivity index (χ1n) is 6.11. The molecule has 3 heteroatoms. The summed E-state index contributed by atoms with van der Waals surface area (Å²) in [6, 6.07) is 0. The second-order valence-electron chi connectivity index (χ2n) is 4.56. The standard InChI is InChI=1S/C12H28N2O/c1-5-7-9-15-10-8-14(6-2)12(3,4)11-13/h5-11,13H2,1-4H3. The van der Waals surface area contributed by atoms with Gasteiger partial charge in [-0.3, -0.25) is 4.90 Å². The molecule has 0 fully saturated rings. The molecule has 0 aromatic carbocycles. The maximum atomic E-state index is 5.75. The smallest absolute Gasteiger partial charge is 0.0593 e. The van der Waals surface area contributed by atoms with Crippen molar-refractivity contribution in [1.29, 1.82) is 0 Å². The Labute approximate surface area is 95.0 Å². The highest BCUT2D eigenvalue weighted by Crippen LogP contribution is 2.11. The van der Waals surface area contributed by atoms with Crippen LogP contribution in [-0.4, -0.2) is 43.3 Å². The summed E-state index contributed by atoms with van der Waals surface area (Å²) >= 11 is 0. The quantitative estimate of drug-likeness (QED) is 0.598. The average molecular weight is 216 g/mol. The van der Waals surface area contributed by atoms with Gasteiger partial charge in [-0.2, -0.15) is 0 Å².